The second-order valence-electron chi connectivity index (χ2n) is 6.07. The minimum absolute atomic E-state index is 0. The van der Waals surface area contributed by atoms with Crippen LogP contribution in [-0.2, 0) is 6.42 Å². The zero-order chi connectivity index (χ0) is 14.1. The molecule has 1 fully saturated rings. The fourth-order valence-corrected chi connectivity index (χ4v) is 3.35. The number of anilines is 1. The zero-order valence-corrected chi connectivity index (χ0v) is 14.5. The van der Waals surface area contributed by atoms with Crippen molar-refractivity contribution < 1.29 is 4.79 Å². The fraction of sp³-hybridized carbons (Fsp3) is 0.562. The minimum Gasteiger partial charge on any atom is -0.384 e. The molecule has 2 atom stereocenters. The standard InChI is InChI=1S/C16H23N3O.2ClH/c1-11-5-7-19(14(8-11)10-17)16(20)13-2-3-15-12(9-13)4-6-18-15;;/h2-3,9,11,14,18H,4-8,10,17H2,1H3;2*1H. The molecule has 0 radical (unpaired) electrons. The number of benzene rings is 1. The highest BCUT2D eigenvalue weighted by Crippen LogP contribution is 2.27. The van der Waals surface area contributed by atoms with Gasteiger partial charge in [-0.1, -0.05) is 6.92 Å². The van der Waals surface area contributed by atoms with E-state index in [9.17, 15) is 4.79 Å². The molecule has 0 aliphatic carbocycles. The Bertz CT molecular complexity index is 524. The molecule has 1 amide bonds. The molecule has 2 aliphatic rings. The molecule has 1 aromatic rings. The summed E-state index contributed by atoms with van der Waals surface area (Å²) in [6.45, 7) is 4.60. The van der Waals surface area contributed by atoms with Crippen molar-refractivity contribution in [2.75, 3.05) is 25.0 Å². The third kappa shape index (κ3) is 3.67. The molecule has 1 saturated heterocycles. The van der Waals surface area contributed by atoms with E-state index in [1.54, 1.807) is 0 Å². The Morgan fingerprint density at radius 3 is 2.91 bits per heavy atom. The van der Waals surface area contributed by atoms with E-state index in [4.69, 9.17) is 5.73 Å². The van der Waals surface area contributed by atoms with Gasteiger partial charge in [0.2, 0.25) is 0 Å². The summed E-state index contributed by atoms with van der Waals surface area (Å²) in [6, 6.07) is 6.20. The average Bonchev–Trinajstić information content (AvgIpc) is 2.93. The lowest BCUT2D eigenvalue weighted by atomic mass is 9.91. The Kier molecular flexibility index (Phi) is 6.98. The molecule has 3 N–H and O–H groups in total. The SMILES string of the molecule is CC1CCN(C(=O)c2ccc3c(c2)CCN3)C(CN)C1.Cl.Cl. The monoisotopic (exact) mass is 345 g/mol. The number of carbonyl (C=O) groups is 1. The lowest BCUT2D eigenvalue weighted by molar-refractivity contribution is 0.0573. The normalized spacial score (nSPS) is 22.9. The Labute approximate surface area is 144 Å². The van der Waals surface area contributed by atoms with Crippen LogP contribution in [0.1, 0.15) is 35.7 Å². The quantitative estimate of drug-likeness (QED) is 0.866. The number of carbonyl (C=O) groups excluding carboxylic acids is 1. The van der Waals surface area contributed by atoms with Gasteiger partial charge in [-0.25, -0.2) is 0 Å². The van der Waals surface area contributed by atoms with Crippen LogP contribution in [0, 0.1) is 5.92 Å². The number of halogens is 2. The van der Waals surface area contributed by atoms with Crippen LogP contribution in [0.15, 0.2) is 18.2 Å². The van der Waals surface area contributed by atoms with Gasteiger partial charge in [0.05, 0.1) is 0 Å². The van der Waals surface area contributed by atoms with Crippen molar-refractivity contribution in [3.63, 3.8) is 0 Å². The highest BCUT2D eigenvalue weighted by molar-refractivity contribution is 5.95. The van der Waals surface area contributed by atoms with Gasteiger partial charge in [0.25, 0.3) is 5.91 Å². The first kappa shape index (κ1) is 19.1. The Balaban J connectivity index is 0.00000121. The summed E-state index contributed by atoms with van der Waals surface area (Å²) in [6.07, 6.45) is 3.11. The Morgan fingerprint density at radius 1 is 1.41 bits per heavy atom. The third-order valence-corrected chi connectivity index (χ3v) is 4.57. The molecule has 22 heavy (non-hydrogen) atoms. The van der Waals surface area contributed by atoms with E-state index < -0.39 is 0 Å². The van der Waals surface area contributed by atoms with E-state index in [1.165, 1.54) is 11.3 Å². The topological polar surface area (TPSA) is 58.4 Å². The van der Waals surface area contributed by atoms with Gasteiger partial charge in [-0.15, -0.1) is 24.8 Å². The number of hydrogen-bond acceptors (Lipinski definition) is 3. The molecular formula is C16H25Cl2N3O. The summed E-state index contributed by atoms with van der Waals surface area (Å²) in [4.78, 5) is 14.7. The van der Waals surface area contributed by atoms with E-state index >= 15 is 0 Å². The first-order chi connectivity index (χ1) is 9.69. The summed E-state index contributed by atoms with van der Waals surface area (Å²) in [5, 5.41) is 3.33. The van der Waals surface area contributed by atoms with Crippen molar-refractivity contribution in [1.29, 1.82) is 0 Å². The molecule has 1 aromatic carbocycles. The Hall–Kier alpha value is -0.970. The van der Waals surface area contributed by atoms with Gasteiger partial charge in [0, 0.05) is 36.9 Å². The number of rotatable bonds is 2. The highest BCUT2D eigenvalue weighted by atomic mass is 35.5. The van der Waals surface area contributed by atoms with Crippen molar-refractivity contribution in [2.24, 2.45) is 11.7 Å². The molecule has 2 aliphatic heterocycles. The minimum atomic E-state index is 0. The molecule has 4 nitrogen and oxygen atoms in total. The van der Waals surface area contributed by atoms with E-state index in [0.29, 0.717) is 12.5 Å². The van der Waals surface area contributed by atoms with Gasteiger partial charge in [-0.05, 0) is 48.9 Å². The molecule has 2 unspecified atom stereocenters. The molecule has 0 saturated carbocycles. The maximum absolute atomic E-state index is 12.7. The van der Waals surface area contributed by atoms with Crippen molar-refractivity contribution in [3.8, 4) is 0 Å². The van der Waals surface area contributed by atoms with Gasteiger partial charge in [0.15, 0.2) is 0 Å². The van der Waals surface area contributed by atoms with Crippen molar-refractivity contribution >= 4 is 36.4 Å². The van der Waals surface area contributed by atoms with Gasteiger partial charge in [-0.3, -0.25) is 4.79 Å². The van der Waals surface area contributed by atoms with Crippen LogP contribution >= 0.6 is 24.8 Å². The third-order valence-electron chi connectivity index (χ3n) is 4.57. The highest BCUT2D eigenvalue weighted by Gasteiger charge is 2.29. The number of nitrogens with one attached hydrogen (secondary N) is 1. The Morgan fingerprint density at radius 2 is 2.18 bits per heavy atom. The number of likely N-dealkylation sites (tertiary alicyclic amines) is 1. The number of amides is 1. The largest absolute Gasteiger partial charge is 0.384 e. The van der Waals surface area contributed by atoms with Crippen molar-refractivity contribution in [2.45, 2.75) is 32.2 Å². The van der Waals surface area contributed by atoms with Crippen LogP contribution in [0.25, 0.3) is 0 Å². The van der Waals surface area contributed by atoms with Gasteiger partial charge in [-0.2, -0.15) is 0 Å². The second-order valence-corrected chi connectivity index (χ2v) is 6.07. The second kappa shape index (κ2) is 8.04. The number of piperidine rings is 1. The predicted octanol–water partition coefficient (Wildman–Crippen LogP) is 2.70. The molecule has 0 bridgehead atoms. The van der Waals surface area contributed by atoms with Crippen LogP contribution in [0.2, 0.25) is 0 Å². The summed E-state index contributed by atoms with van der Waals surface area (Å²) in [5.41, 5.74) is 9.09. The predicted molar refractivity (Wildman–Crippen MR) is 95.4 cm³/mol. The lowest BCUT2D eigenvalue weighted by Crippen LogP contribution is -2.49. The van der Waals surface area contributed by atoms with Crippen molar-refractivity contribution in [1.82, 2.24) is 4.90 Å². The van der Waals surface area contributed by atoms with Gasteiger partial charge in [0.1, 0.15) is 0 Å². The van der Waals surface area contributed by atoms with E-state index in [1.807, 2.05) is 23.1 Å². The number of nitrogens with two attached hydrogens (primary N) is 1. The summed E-state index contributed by atoms with van der Waals surface area (Å²) in [7, 11) is 0. The number of nitrogens with zero attached hydrogens (tertiary/aromatic N) is 1. The summed E-state index contributed by atoms with van der Waals surface area (Å²) in [5.74, 6) is 0.805. The molecular weight excluding hydrogens is 321 g/mol. The number of hydrogen-bond donors (Lipinski definition) is 2. The first-order valence-corrected chi connectivity index (χ1v) is 7.57. The maximum atomic E-state index is 12.7. The van der Waals surface area contributed by atoms with Crippen LogP contribution in [0.3, 0.4) is 0 Å². The van der Waals surface area contributed by atoms with Gasteiger partial charge < -0.3 is 16.0 Å². The van der Waals surface area contributed by atoms with E-state index in [-0.39, 0.29) is 36.8 Å². The molecule has 0 spiro atoms. The van der Waals surface area contributed by atoms with Crippen LogP contribution in [0.4, 0.5) is 5.69 Å². The summed E-state index contributed by atoms with van der Waals surface area (Å²) >= 11 is 0. The molecule has 124 valence electrons. The van der Waals surface area contributed by atoms with Crippen LogP contribution < -0.4 is 11.1 Å². The van der Waals surface area contributed by atoms with E-state index in [2.05, 4.69) is 12.2 Å². The first-order valence-electron chi connectivity index (χ1n) is 7.57. The van der Waals surface area contributed by atoms with Crippen LogP contribution in [0.5, 0.6) is 0 Å². The lowest BCUT2D eigenvalue weighted by Gasteiger charge is -2.38. The summed E-state index contributed by atoms with van der Waals surface area (Å²) < 4.78 is 0. The molecule has 0 aromatic heterocycles. The number of fused-ring (bicyclic) bond motifs is 1. The average molecular weight is 346 g/mol. The van der Waals surface area contributed by atoms with E-state index in [0.717, 1.165) is 37.9 Å². The molecule has 3 rings (SSSR count). The smallest absolute Gasteiger partial charge is 0.254 e. The zero-order valence-electron chi connectivity index (χ0n) is 12.9. The maximum Gasteiger partial charge on any atom is 0.254 e. The molecule has 6 heteroatoms. The van der Waals surface area contributed by atoms with Gasteiger partial charge >= 0.3 is 0 Å². The molecule has 2 heterocycles. The fourth-order valence-electron chi connectivity index (χ4n) is 3.35. The van der Waals surface area contributed by atoms with Crippen LogP contribution in [-0.4, -0.2) is 36.5 Å². The van der Waals surface area contributed by atoms with Crippen molar-refractivity contribution in [3.05, 3.63) is 29.3 Å².